The maximum Gasteiger partial charge on any atom is 0.0562 e. The Morgan fingerprint density at radius 1 is 1.75 bits per heavy atom. The van der Waals surface area contributed by atoms with Gasteiger partial charge in [-0.25, -0.2) is 0 Å². The quantitative estimate of drug-likeness (QED) is 0.733. The van der Waals surface area contributed by atoms with Crippen LogP contribution in [0.2, 0.25) is 0 Å². The van der Waals surface area contributed by atoms with E-state index in [1.165, 1.54) is 5.57 Å². The molecule has 3 heteroatoms. The van der Waals surface area contributed by atoms with Gasteiger partial charge in [0.15, 0.2) is 0 Å². The van der Waals surface area contributed by atoms with Gasteiger partial charge in [-0.05, 0) is 13.8 Å². The Labute approximate surface area is 72.9 Å². The molecule has 0 radical (unpaired) electrons. The lowest BCUT2D eigenvalue weighted by Crippen LogP contribution is -1.98. The minimum Gasteiger partial charge on any atom is -0.327 e. The number of nitrogens with zero attached hydrogens (tertiary/aromatic N) is 2. The zero-order valence-corrected chi connectivity index (χ0v) is 7.62. The first-order valence-electron chi connectivity index (χ1n) is 4.16. The fourth-order valence-electron chi connectivity index (χ4n) is 0.970. The molecule has 0 bridgehead atoms. The highest BCUT2D eigenvalue weighted by molar-refractivity contribution is 5.50. The van der Waals surface area contributed by atoms with Crippen LogP contribution in [0.25, 0.3) is 6.08 Å². The van der Waals surface area contributed by atoms with Crippen LogP contribution in [0.4, 0.5) is 0 Å². The predicted molar refractivity (Wildman–Crippen MR) is 50.6 cm³/mol. The van der Waals surface area contributed by atoms with Gasteiger partial charge in [-0.3, -0.25) is 4.68 Å². The third-order valence-electron chi connectivity index (χ3n) is 1.71. The Bertz CT molecular complexity index is 273. The lowest BCUT2D eigenvalue weighted by molar-refractivity contribution is 0.660. The highest BCUT2D eigenvalue weighted by Crippen LogP contribution is 2.03. The molecule has 0 aliphatic rings. The molecular formula is C9H15N3. The second-order valence-electron chi connectivity index (χ2n) is 2.82. The van der Waals surface area contributed by atoms with Gasteiger partial charge in [0.25, 0.3) is 0 Å². The zero-order valence-electron chi connectivity index (χ0n) is 7.62. The number of aryl methyl sites for hydroxylation is 1. The Balaban J connectivity index is 2.76. The van der Waals surface area contributed by atoms with Gasteiger partial charge in [-0.2, -0.15) is 5.10 Å². The Morgan fingerprint density at radius 3 is 3.00 bits per heavy atom. The van der Waals surface area contributed by atoms with Crippen molar-refractivity contribution in [1.29, 1.82) is 0 Å². The molecule has 0 aromatic carbocycles. The Hall–Kier alpha value is -1.09. The van der Waals surface area contributed by atoms with E-state index in [0.29, 0.717) is 6.54 Å². The van der Waals surface area contributed by atoms with Crippen LogP contribution in [0.15, 0.2) is 18.0 Å². The summed E-state index contributed by atoms with van der Waals surface area (Å²) in [6, 6.07) is 0. The molecule has 1 heterocycles. The minimum absolute atomic E-state index is 0.608. The first-order valence-corrected chi connectivity index (χ1v) is 4.16. The smallest absolute Gasteiger partial charge is 0.0562 e. The van der Waals surface area contributed by atoms with Crippen molar-refractivity contribution in [2.24, 2.45) is 5.73 Å². The second kappa shape index (κ2) is 4.07. The van der Waals surface area contributed by atoms with Gasteiger partial charge in [0.1, 0.15) is 0 Å². The molecule has 0 saturated carbocycles. The van der Waals surface area contributed by atoms with Gasteiger partial charge in [0, 0.05) is 24.8 Å². The number of hydrogen-bond donors (Lipinski definition) is 1. The molecule has 0 spiro atoms. The molecule has 3 nitrogen and oxygen atoms in total. The number of aromatic nitrogens is 2. The first-order chi connectivity index (χ1) is 5.76. The molecule has 0 atom stereocenters. The minimum atomic E-state index is 0.608. The topological polar surface area (TPSA) is 43.8 Å². The van der Waals surface area contributed by atoms with Crippen LogP contribution < -0.4 is 5.73 Å². The van der Waals surface area contributed by atoms with Gasteiger partial charge < -0.3 is 5.73 Å². The van der Waals surface area contributed by atoms with E-state index in [0.717, 1.165) is 12.1 Å². The summed E-state index contributed by atoms with van der Waals surface area (Å²) in [7, 11) is 0. The summed E-state index contributed by atoms with van der Waals surface area (Å²) in [6.45, 7) is 5.60. The van der Waals surface area contributed by atoms with Gasteiger partial charge in [-0.15, -0.1) is 0 Å². The van der Waals surface area contributed by atoms with Crippen LogP contribution in [0.5, 0.6) is 0 Å². The van der Waals surface area contributed by atoms with Crippen molar-refractivity contribution in [1.82, 2.24) is 9.78 Å². The van der Waals surface area contributed by atoms with Crippen molar-refractivity contribution in [2.45, 2.75) is 20.4 Å². The van der Waals surface area contributed by atoms with Crippen LogP contribution in [0, 0.1) is 0 Å². The molecule has 2 N–H and O–H groups in total. The van der Waals surface area contributed by atoms with Gasteiger partial charge in [-0.1, -0.05) is 11.6 Å². The molecule has 0 aliphatic heterocycles. The molecule has 0 amide bonds. The molecule has 1 aromatic rings. The Kier molecular flexibility index (Phi) is 3.05. The largest absolute Gasteiger partial charge is 0.327 e. The van der Waals surface area contributed by atoms with Crippen molar-refractivity contribution >= 4 is 6.08 Å². The molecule has 0 saturated heterocycles. The average Bonchev–Trinajstić information content (AvgIpc) is 2.52. The lowest BCUT2D eigenvalue weighted by atomic mass is 10.2. The fraction of sp³-hybridized carbons (Fsp3) is 0.444. The first kappa shape index (κ1) is 9.00. The number of hydrogen-bond acceptors (Lipinski definition) is 2. The summed E-state index contributed by atoms with van der Waals surface area (Å²) in [5.41, 5.74) is 7.76. The number of nitrogens with two attached hydrogens (primary N) is 1. The van der Waals surface area contributed by atoms with E-state index < -0.39 is 0 Å². The highest BCUT2D eigenvalue weighted by Gasteiger charge is 1.93. The molecule has 1 rings (SSSR count). The van der Waals surface area contributed by atoms with Gasteiger partial charge >= 0.3 is 0 Å². The standard InChI is InChI=1S/C9H15N3/c1-3-12-7-9(6-11-12)4-8(2)5-10/h4,6-7H,3,5,10H2,1-2H3/b8-4-. The SMILES string of the molecule is CCn1cc(/C=C(/C)CN)cn1. The van der Waals surface area contributed by atoms with Crippen LogP contribution in [-0.2, 0) is 6.54 Å². The molecule has 66 valence electrons. The van der Waals surface area contributed by atoms with E-state index in [1.54, 1.807) is 0 Å². The highest BCUT2D eigenvalue weighted by atomic mass is 15.3. The molecule has 0 unspecified atom stereocenters. The summed E-state index contributed by atoms with van der Waals surface area (Å²) in [5.74, 6) is 0. The third kappa shape index (κ3) is 2.20. The summed E-state index contributed by atoms with van der Waals surface area (Å²) in [5, 5.41) is 4.15. The summed E-state index contributed by atoms with van der Waals surface area (Å²) < 4.78 is 1.90. The van der Waals surface area contributed by atoms with Crippen LogP contribution in [-0.4, -0.2) is 16.3 Å². The number of rotatable bonds is 3. The van der Waals surface area contributed by atoms with E-state index in [9.17, 15) is 0 Å². The summed E-state index contributed by atoms with van der Waals surface area (Å²) in [4.78, 5) is 0. The van der Waals surface area contributed by atoms with Crippen molar-refractivity contribution in [3.05, 3.63) is 23.5 Å². The van der Waals surface area contributed by atoms with E-state index in [-0.39, 0.29) is 0 Å². The van der Waals surface area contributed by atoms with Crippen LogP contribution >= 0.6 is 0 Å². The van der Waals surface area contributed by atoms with Crippen molar-refractivity contribution in [3.8, 4) is 0 Å². The third-order valence-corrected chi connectivity index (χ3v) is 1.71. The molecule has 12 heavy (non-hydrogen) atoms. The van der Waals surface area contributed by atoms with Crippen molar-refractivity contribution < 1.29 is 0 Å². The van der Waals surface area contributed by atoms with Crippen molar-refractivity contribution in [3.63, 3.8) is 0 Å². The van der Waals surface area contributed by atoms with Crippen LogP contribution in [0.1, 0.15) is 19.4 Å². The zero-order chi connectivity index (χ0) is 8.97. The maximum atomic E-state index is 5.46. The molecular weight excluding hydrogens is 150 g/mol. The van der Waals surface area contributed by atoms with Crippen molar-refractivity contribution in [2.75, 3.05) is 6.54 Å². The monoisotopic (exact) mass is 165 g/mol. The summed E-state index contributed by atoms with van der Waals surface area (Å²) >= 11 is 0. The van der Waals surface area contributed by atoms with Crippen LogP contribution in [0.3, 0.4) is 0 Å². The van der Waals surface area contributed by atoms with E-state index in [1.807, 2.05) is 24.0 Å². The average molecular weight is 165 g/mol. The second-order valence-corrected chi connectivity index (χ2v) is 2.82. The fourth-order valence-corrected chi connectivity index (χ4v) is 0.970. The van der Waals surface area contributed by atoms with Gasteiger partial charge in [0.2, 0.25) is 0 Å². The Morgan fingerprint density at radius 2 is 2.50 bits per heavy atom. The molecule has 1 aromatic heterocycles. The van der Waals surface area contributed by atoms with E-state index >= 15 is 0 Å². The maximum absolute atomic E-state index is 5.46. The molecule has 0 aliphatic carbocycles. The normalized spacial score (nSPS) is 12.1. The lowest BCUT2D eigenvalue weighted by Gasteiger charge is -1.92. The predicted octanol–water partition coefficient (Wildman–Crippen LogP) is 1.26. The summed E-state index contributed by atoms with van der Waals surface area (Å²) in [6.07, 6.45) is 5.92. The molecule has 0 fully saturated rings. The van der Waals surface area contributed by atoms with E-state index in [4.69, 9.17) is 5.73 Å². The van der Waals surface area contributed by atoms with E-state index in [2.05, 4.69) is 18.1 Å². The van der Waals surface area contributed by atoms with Gasteiger partial charge in [0.05, 0.1) is 6.20 Å².